The zero-order chi connectivity index (χ0) is 32.8. The summed E-state index contributed by atoms with van der Waals surface area (Å²) >= 11 is 5.81. The number of rotatable bonds is 9. The van der Waals surface area contributed by atoms with Crippen molar-refractivity contribution in [3.05, 3.63) is 56.8 Å². The van der Waals surface area contributed by atoms with Crippen LogP contribution in [0.3, 0.4) is 0 Å². The maximum absolute atomic E-state index is 13.2. The normalized spacial score (nSPS) is 15.0. The topological polar surface area (TPSA) is 146 Å². The Kier molecular flexibility index (Phi) is 15.4. The van der Waals surface area contributed by atoms with Gasteiger partial charge in [-0.25, -0.2) is 19.0 Å². The summed E-state index contributed by atoms with van der Waals surface area (Å²) in [5.41, 5.74) is 1.61. The molecule has 2 aromatic rings. The van der Waals surface area contributed by atoms with Gasteiger partial charge in [-0.15, -0.1) is 0 Å². The van der Waals surface area contributed by atoms with Crippen LogP contribution in [0.2, 0.25) is 5.02 Å². The Morgan fingerprint density at radius 2 is 1.70 bits per heavy atom. The fourth-order valence-electron chi connectivity index (χ4n) is 3.58. The third-order valence-electron chi connectivity index (χ3n) is 5.76. The van der Waals surface area contributed by atoms with Crippen LogP contribution < -0.4 is 21.5 Å². The zero-order valence-corrected chi connectivity index (χ0v) is 23.5. The molecule has 3 rings (SSSR count). The van der Waals surface area contributed by atoms with Crippen LogP contribution in [-0.4, -0.2) is 69.7 Å². The molecule has 0 saturated carbocycles. The first-order chi connectivity index (χ1) is 19.9. The lowest BCUT2D eigenvalue weighted by molar-refractivity contribution is -0.193. The Bertz CT molecular complexity index is 1230. The van der Waals surface area contributed by atoms with Gasteiger partial charge in [-0.2, -0.15) is 26.3 Å². The van der Waals surface area contributed by atoms with E-state index in [-0.39, 0.29) is 10.6 Å². The lowest BCUT2D eigenvalue weighted by Gasteiger charge is -2.23. The van der Waals surface area contributed by atoms with Gasteiger partial charge in [-0.3, -0.25) is 4.79 Å². The molecule has 0 amide bonds. The maximum atomic E-state index is 13.2. The van der Waals surface area contributed by atoms with E-state index in [1.54, 1.807) is 22.9 Å². The number of nitrogens with zero attached hydrogens (tertiary/aromatic N) is 2. The zero-order valence-electron chi connectivity index (χ0n) is 22.8. The molecule has 1 saturated heterocycles. The van der Waals surface area contributed by atoms with Crippen LogP contribution in [0.25, 0.3) is 0 Å². The van der Waals surface area contributed by atoms with Crippen molar-refractivity contribution in [2.75, 3.05) is 25.0 Å². The second-order valence-electron chi connectivity index (χ2n) is 9.10. The van der Waals surface area contributed by atoms with E-state index >= 15 is 0 Å². The van der Waals surface area contributed by atoms with Crippen molar-refractivity contribution < 1.29 is 50.5 Å². The summed E-state index contributed by atoms with van der Waals surface area (Å²) < 4.78 is 78.4. The van der Waals surface area contributed by atoms with Crippen molar-refractivity contribution in [1.82, 2.24) is 20.2 Å². The number of piperidine rings is 1. The molecule has 0 spiro atoms. The highest BCUT2D eigenvalue weighted by atomic mass is 35.5. The number of hydrogen-bond donors (Lipinski definition) is 5. The summed E-state index contributed by atoms with van der Waals surface area (Å²) in [5, 5.41) is 24.3. The van der Waals surface area contributed by atoms with Gasteiger partial charge in [-0.05, 0) is 50.4 Å². The highest BCUT2D eigenvalue weighted by Gasteiger charge is 2.38. The summed E-state index contributed by atoms with van der Waals surface area (Å²) in [5.74, 6) is -5.54. The van der Waals surface area contributed by atoms with E-state index in [1.807, 2.05) is 6.92 Å². The molecule has 5 N–H and O–H groups in total. The fraction of sp³-hybridized carbons (Fsp3) is 0.520. The summed E-state index contributed by atoms with van der Waals surface area (Å²) in [6.07, 6.45) is -3.75. The molecule has 18 heteroatoms. The molecule has 43 heavy (non-hydrogen) atoms. The molecule has 0 aliphatic carbocycles. The number of alkyl halides is 6. The van der Waals surface area contributed by atoms with Crippen molar-refractivity contribution in [3.8, 4) is 0 Å². The molecule has 2 heterocycles. The number of anilines is 1. The fourth-order valence-corrected chi connectivity index (χ4v) is 3.78. The molecule has 1 aromatic carbocycles. The molecule has 242 valence electrons. The molecule has 1 unspecified atom stereocenters. The van der Waals surface area contributed by atoms with Gasteiger partial charge in [-0.1, -0.05) is 24.1 Å². The molecule has 1 atom stereocenters. The summed E-state index contributed by atoms with van der Waals surface area (Å²) in [6, 6.07) is 5.18. The number of aliphatic carboxylic acids is 2. The number of nitrogens with one attached hydrogen (secondary N) is 3. The first-order valence-electron chi connectivity index (χ1n) is 12.7. The van der Waals surface area contributed by atoms with E-state index in [4.69, 9.17) is 31.4 Å². The third-order valence-corrected chi connectivity index (χ3v) is 6.05. The van der Waals surface area contributed by atoms with Gasteiger partial charge in [0, 0.05) is 44.1 Å². The standard InChI is InChI=1S/C21H29ClFN5O.2C2HF3O2/c1-15-13-27-20(26-9-7-17-4-2-3-8-25-17)21(29)28(15)11-10-24-14-16-5-6-19(23)18(22)12-16;2*3-2(4,5)1(6)7/h5-6,12-13,17,24-25H,2-4,7-11,14H2,1H3,(H,26,27);2*(H,6,7). The Balaban J connectivity index is 0.000000548. The smallest absolute Gasteiger partial charge is 0.475 e. The van der Waals surface area contributed by atoms with Gasteiger partial charge in [0.25, 0.3) is 5.56 Å². The summed E-state index contributed by atoms with van der Waals surface area (Å²) in [4.78, 5) is 34.8. The van der Waals surface area contributed by atoms with E-state index < -0.39 is 30.1 Å². The van der Waals surface area contributed by atoms with Gasteiger partial charge in [0.2, 0.25) is 0 Å². The molecule has 10 nitrogen and oxygen atoms in total. The molecule has 1 aromatic heterocycles. The van der Waals surface area contributed by atoms with Crippen LogP contribution in [-0.2, 0) is 22.7 Å². The highest BCUT2D eigenvalue weighted by Crippen LogP contribution is 2.16. The Morgan fingerprint density at radius 1 is 1.09 bits per heavy atom. The predicted octanol–water partition coefficient (Wildman–Crippen LogP) is 4.34. The minimum atomic E-state index is -5.08. The van der Waals surface area contributed by atoms with E-state index in [0.717, 1.165) is 30.8 Å². The van der Waals surface area contributed by atoms with Crippen molar-refractivity contribution in [2.24, 2.45) is 0 Å². The van der Waals surface area contributed by atoms with Gasteiger partial charge < -0.3 is 30.7 Å². The Hall–Kier alpha value is -3.44. The maximum Gasteiger partial charge on any atom is 0.490 e. The molecule has 1 aliphatic heterocycles. The molecular formula is C25H31ClF7N5O5. The van der Waals surface area contributed by atoms with Gasteiger partial charge in [0.1, 0.15) is 5.82 Å². The minimum absolute atomic E-state index is 0.103. The van der Waals surface area contributed by atoms with E-state index in [9.17, 15) is 35.5 Å². The van der Waals surface area contributed by atoms with E-state index in [1.165, 1.54) is 25.3 Å². The Labute approximate surface area is 246 Å². The van der Waals surface area contributed by atoms with Crippen molar-refractivity contribution >= 4 is 29.4 Å². The number of carboxylic acids is 2. The van der Waals surface area contributed by atoms with Crippen LogP contribution in [0.15, 0.2) is 29.2 Å². The summed E-state index contributed by atoms with van der Waals surface area (Å²) in [7, 11) is 0. The molecule has 1 fully saturated rings. The highest BCUT2D eigenvalue weighted by molar-refractivity contribution is 6.30. The molecule has 0 radical (unpaired) electrons. The first-order valence-corrected chi connectivity index (χ1v) is 13.1. The van der Waals surface area contributed by atoms with Gasteiger partial charge >= 0.3 is 24.3 Å². The van der Waals surface area contributed by atoms with Crippen LogP contribution in [0.4, 0.5) is 36.6 Å². The molecule has 0 bridgehead atoms. The summed E-state index contributed by atoms with van der Waals surface area (Å²) in [6.45, 7) is 5.37. The SMILES string of the molecule is Cc1cnc(NCCC2CCCCN2)c(=O)n1CCNCc1ccc(F)c(Cl)c1.O=C(O)C(F)(F)F.O=C(O)C(F)(F)F. The second-order valence-corrected chi connectivity index (χ2v) is 9.51. The average Bonchev–Trinajstić information content (AvgIpc) is 2.91. The van der Waals surface area contributed by atoms with Gasteiger partial charge in [0.15, 0.2) is 5.82 Å². The quantitative estimate of drug-likeness (QED) is 0.198. The largest absolute Gasteiger partial charge is 0.490 e. The first kappa shape index (κ1) is 37.6. The van der Waals surface area contributed by atoms with Crippen LogP contribution in [0.1, 0.15) is 36.9 Å². The minimum Gasteiger partial charge on any atom is -0.475 e. The number of aromatic nitrogens is 2. The third kappa shape index (κ3) is 14.5. The van der Waals surface area contributed by atoms with E-state index in [0.29, 0.717) is 31.5 Å². The number of carbonyl (C=O) groups is 2. The number of hydrogen-bond acceptors (Lipinski definition) is 7. The molecule has 1 aliphatic rings. The monoisotopic (exact) mass is 649 g/mol. The second kappa shape index (κ2) is 17.6. The molecular weight excluding hydrogens is 619 g/mol. The Morgan fingerprint density at radius 3 is 2.21 bits per heavy atom. The average molecular weight is 650 g/mol. The van der Waals surface area contributed by atoms with Gasteiger partial charge in [0.05, 0.1) is 5.02 Å². The van der Waals surface area contributed by atoms with Crippen LogP contribution in [0, 0.1) is 12.7 Å². The van der Waals surface area contributed by atoms with Crippen molar-refractivity contribution in [2.45, 2.75) is 64.1 Å². The predicted molar refractivity (Wildman–Crippen MR) is 142 cm³/mol. The van der Waals surface area contributed by atoms with Crippen LogP contribution in [0.5, 0.6) is 0 Å². The lowest BCUT2D eigenvalue weighted by atomic mass is 10.0. The van der Waals surface area contributed by atoms with Crippen molar-refractivity contribution in [3.63, 3.8) is 0 Å². The van der Waals surface area contributed by atoms with E-state index in [2.05, 4.69) is 20.9 Å². The number of aryl methyl sites for hydroxylation is 1. The lowest BCUT2D eigenvalue weighted by Crippen LogP contribution is -2.36. The number of carboxylic acid groups (broad SMARTS) is 2. The number of benzene rings is 1. The van der Waals surface area contributed by atoms with Crippen molar-refractivity contribution in [1.29, 1.82) is 0 Å². The van der Waals surface area contributed by atoms with Crippen LogP contribution >= 0.6 is 11.6 Å². The number of halogens is 8.